The minimum atomic E-state index is -1.39. The van der Waals surface area contributed by atoms with Crippen molar-refractivity contribution in [2.24, 2.45) is 5.92 Å². The van der Waals surface area contributed by atoms with Crippen molar-refractivity contribution in [2.75, 3.05) is 11.9 Å². The first-order valence-electron chi connectivity index (χ1n) is 17.6. The Hall–Kier alpha value is -5.98. The summed E-state index contributed by atoms with van der Waals surface area (Å²) < 4.78 is 16.1. The maximum atomic E-state index is 14.0. The zero-order chi connectivity index (χ0) is 37.9. The van der Waals surface area contributed by atoms with Crippen molar-refractivity contribution in [1.29, 1.82) is 0 Å². The molecule has 4 amide bonds. The molecule has 53 heavy (non-hydrogen) atoms. The summed E-state index contributed by atoms with van der Waals surface area (Å²) in [6.07, 6.45) is -0.331. The Balaban J connectivity index is 1.28. The number of esters is 1. The summed E-state index contributed by atoms with van der Waals surface area (Å²) in [6, 6.07) is 21.0. The average molecular weight is 725 g/mol. The van der Waals surface area contributed by atoms with E-state index in [-0.39, 0.29) is 25.7 Å². The molecule has 1 fully saturated rings. The van der Waals surface area contributed by atoms with Gasteiger partial charge in [-0.05, 0) is 60.9 Å². The molecule has 0 radical (unpaired) electrons. The monoisotopic (exact) mass is 724 g/mol. The van der Waals surface area contributed by atoms with Gasteiger partial charge in [0.25, 0.3) is 0 Å². The predicted octanol–water partition coefficient (Wildman–Crippen LogP) is 4.99. The number of aryl methyl sites for hydroxylation is 1. The highest BCUT2D eigenvalue weighted by Crippen LogP contribution is 2.23. The van der Waals surface area contributed by atoms with Crippen LogP contribution in [0.1, 0.15) is 56.2 Å². The number of hydrogen-bond donors (Lipinski definition) is 3. The standard InChI is InChI=1S/C40H44N4O9/c1-25(2)19-31(37(47)41-29-16-17-30-26(3)20-36(46)53-34(30)21-29)42-38(48)33-15-10-18-44(33)39(49)32(22-35(45)51-23-27-11-6-4-7-12-27)43-40(50)52-24-28-13-8-5-9-14-28/h4-9,11-14,16-17,20-21,25,31-33H,10,15,18-19,22-24H2,1-3H3,(H,41,47)(H,42,48)(H,43,50)/t31-,32-,33-/m0/s1. The molecule has 13 nitrogen and oxygen atoms in total. The van der Waals surface area contributed by atoms with Gasteiger partial charge in [-0.15, -0.1) is 0 Å². The van der Waals surface area contributed by atoms with Gasteiger partial charge in [0.2, 0.25) is 17.7 Å². The number of ether oxygens (including phenoxy) is 2. The molecule has 2 heterocycles. The lowest BCUT2D eigenvalue weighted by atomic mass is 10.0. The fraction of sp³-hybridized carbons (Fsp3) is 0.350. The number of carbonyl (C=O) groups excluding carboxylic acids is 5. The van der Waals surface area contributed by atoms with E-state index in [0.29, 0.717) is 30.5 Å². The van der Waals surface area contributed by atoms with Crippen LogP contribution in [0, 0.1) is 12.8 Å². The van der Waals surface area contributed by atoms with Crippen LogP contribution in [0.4, 0.5) is 10.5 Å². The number of benzene rings is 3. The molecule has 5 rings (SSSR count). The summed E-state index contributed by atoms with van der Waals surface area (Å²) >= 11 is 0. The Kier molecular flexibility index (Phi) is 13.0. The molecule has 278 valence electrons. The normalized spacial score (nSPS) is 15.0. The third-order valence-electron chi connectivity index (χ3n) is 8.81. The fourth-order valence-corrected chi connectivity index (χ4v) is 6.18. The fourth-order valence-electron chi connectivity index (χ4n) is 6.18. The SMILES string of the molecule is Cc1cc(=O)oc2cc(NC(=O)[C@H](CC(C)C)NC(=O)[C@@H]3CCCN3C(=O)[C@H](CC(=O)OCc3ccccc3)NC(=O)OCc3ccccc3)ccc12. The molecule has 0 unspecified atom stereocenters. The van der Waals surface area contributed by atoms with E-state index in [1.54, 1.807) is 73.7 Å². The molecular formula is C40H44N4O9. The van der Waals surface area contributed by atoms with E-state index in [1.807, 2.05) is 26.0 Å². The Morgan fingerprint density at radius 1 is 0.849 bits per heavy atom. The van der Waals surface area contributed by atoms with Gasteiger partial charge in [-0.3, -0.25) is 19.2 Å². The van der Waals surface area contributed by atoms with E-state index in [2.05, 4.69) is 16.0 Å². The van der Waals surface area contributed by atoms with Gasteiger partial charge in [0.15, 0.2) is 0 Å². The van der Waals surface area contributed by atoms with Gasteiger partial charge in [0.05, 0.1) is 6.42 Å². The van der Waals surface area contributed by atoms with Crippen molar-refractivity contribution in [3.8, 4) is 0 Å². The maximum absolute atomic E-state index is 14.0. The van der Waals surface area contributed by atoms with Crippen LogP contribution >= 0.6 is 0 Å². The summed E-state index contributed by atoms with van der Waals surface area (Å²) in [5.74, 6) is -2.41. The number of hydrogen-bond acceptors (Lipinski definition) is 9. The molecule has 13 heteroatoms. The molecule has 3 aromatic carbocycles. The highest BCUT2D eigenvalue weighted by Gasteiger charge is 2.40. The number of nitrogens with one attached hydrogen (secondary N) is 3. The van der Waals surface area contributed by atoms with Crippen LogP contribution in [-0.2, 0) is 41.9 Å². The van der Waals surface area contributed by atoms with Gasteiger partial charge in [-0.25, -0.2) is 9.59 Å². The molecule has 1 aliphatic rings. The summed E-state index contributed by atoms with van der Waals surface area (Å²) in [4.78, 5) is 80.5. The zero-order valence-corrected chi connectivity index (χ0v) is 30.0. The van der Waals surface area contributed by atoms with Gasteiger partial charge in [-0.2, -0.15) is 0 Å². The number of likely N-dealkylation sites (tertiary alicyclic amines) is 1. The van der Waals surface area contributed by atoms with Crippen molar-refractivity contribution in [3.63, 3.8) is 0 Å². The maximum Gasteiger partial charge on any atom is 0.408 e. The Morgan fingerprint density at radius 3 is 2.17 bits per heavy atom. The number of amides is 4. The molecular weight excluding hydrogens is 680 g/mol. The van der Waals surface area contributed by atoms with Crippen molar-refractivity contribution >= 4 is 46.4 Å². The van der Waals surface area contributed by atoms with Crippen molar-refractivity contribution in [3.05, 3.63) is 112 Å². The van der Waals surface area contributed by atoms with E-state index in [0.717, 1.165) is 22.1 Å². The molecule has 1 aromatic heterocycles. The van der Waals surface area contributed by atoms with Crippen molar-refractivity contribution in [1.82, 2.24) is 15.5 Å². The predicted molar refractivity (Wildman–Crippen MR) is 196 cm³/mol. The first kappa shape index (κ1) is 38.3. The molecule has 3 atom stereocenters. The van der Waals surface area contributed by atoms with E-state index < -0.39 is 60.0 Å². The number of alkyl carbamates (subject to hydrolysis) is 1. The molecule has 0 saturated carbocycles. The quantitative estimate of drug-likeness (QED) is 0.120. The lowest BCUT2D eigenvalue weighted by Crippen LogP contribution is -2.56. The molecule has 0 spiro atoms. The van der Waals surface area contributed by atoms with Crippen LogP contribution < -0.4 is 21.6 Å². The molecule has 4 aromatic rings. The topological polar surface area (TPSA) is 173 Å². The van der Waals surface area contributed by atoms with E-state index in [1.165, 1.54) is 11.0 Å². The van der Waals surface area contributed by atoms with E-state index >= 15 is 0 Å². The summed E-state index contributed by atoms with van der Waals surface area (Å²) in [6.45, 7) is 5.71. The highest BCUT2D eigenvalue weighted by molar-refractivity contribution is 6.00. The third-order valence-corrected chi connectivity index (χ3v) is 8.81. The molecule has 0 bridgehead atoms. The number of rotatable bonds is 14. The second-order valence-electron chi connectivity index (χ2n) is 13.4. The first-order chi connectivity index (χ1) is 25.5. The van der Waals surface area contributed by atoms with Crippen molar-refractivity contribution < 1.29 is 37.9 Å². The summed E-state index contributed by atoms with van der Waals surface area (Å²) in [5, 5.41) is 8.87. The Bertz CT molecular complexity index is 1920. The highest BCUT2D eigenvalue weighted by atomic mass is 16.5. The van der Waals surface area contributed by atoms with Crippen LogP contribution in [0.15, 0.2) is 94.1 Å². The van der Waals surface area contributed by atoms with Crippen LogP contribution in [0.5, 0.6) is 0 Å². The Labute approximate surface area is 307 Å². The van der Waals surface area contributed by atoms with E-state index in [9.17, 15) is 28.8 Å². The zero-order valence-electron chi connectivity index (χ0n) is 30.0. The Morgan fingerprint density at radius 2 is 1.51 bits per heavy atom. The minimum Gasteiger partial charge on any atom is -0.461 e. The van der Waals surface area contributed by atoms with Crippen LogP contribution in [0.25, 0.3) is 11.0 Å². The second-order valence-corrected chi connectivity index (χ2v) is 13.4. The van der Waals surface area contributed by atoms with Gasteiger partial charge < -0.3 is 34.7 Å². The van der Waals surface area contributed by atoms with Crippen LogP contribution in [0.2, 0.25) is 0 Å². The van der Waals surface area contributed by atoms with Gasteiger partial charge in [-0.1, -0.05) is 74.5 Å². The number of fused-ring (bicyclic) bond motifs is 1. The molecule has 1 saturated heterocycles. The van der Waals surface area contributed by atoms with Crippen LogP contribution in [0.3, 0.4) is 0 Å². The van der Waals surface area contributed by atoms with Gasteiger partial charge in [0, 0.05) is 29.8 Å². The number of carbonyl (C=O) groups is 5. The summed E-state index contributed by atoms with van der Waals surface area (Å²) in [5.41, 5.74) is 2.39. The lowest BCUT2D eigenvalue weighted by molar-refractivity contribution is -0.149. The van der Waals surface area contributed by atoms with Gasteiger partial charge in [0.1, 0.15) is 36.9 Å². The molecule has 1 aliphatic heterocycles. The lowest BCUT2D eigenvalue weighted by Gasteiger charge is -2.29. The third kappa shape index (κ3) is 10.8. The smallest absolute Gasteiger partial charge is 0.408 e. The van der Waals surface area contributed by atoms with Gasteiger partial charge >= 0.3 is 17.7 Å². The molecule has 0 aliphatic carbocycles. The second kappa shape index (κ2) is 18.0. The summed E-state index contributed by atoms with van der Waals surface area (Å²) in [7, 11) is 0. The number of nitrogens with zero attached hydrogens (tertiary/aromatic N) is 1. The number of anilines is 1. The molecule has 3 N–H and O–H groups in total. The first-order valence-corrected chi connectivity index (χ1v) is 17.6. The van der Waals surface area contributed by atoms with E-state index in [4.69, 9.17) is 13.9 Å². The van der Waals surface area contributed by atoms with Crippen molar-refractivity contribution in [2.45, 2.75) is 77.8 Å². The van der Waals surface area contributed by atoms with Crippen LogP contribution in [-0.4, -0.2) is 59.4 Å². The minimum absolute atomic E-state index is 0.0158. The average Bonchev–Trinajstić information content (AvgIpc) is 3.63. The largest absolute Gasteiger partial charge is 0.461 e.